The number of rotatable bonds is 3. The number of fused-ring (bicyclic) bond motifs is 3. The van der Waals surface area contributed by atoms with Crippen molar-refractivity contribution in [2.45, 2.75) is 33.4 Å². The number of hydrogen-bond donors (Lipinski definition) is 1. The van der Waals surface area contributed by atoms with Crippen molar-refractivity contribution >= 4 is 22.8 Å². The van der Waals surface area contributed by atoms with Gasteiger partial charge in [0.05, 0.1) is 19.6 Å². The summed E-state index contributed by atoms with van der Waals surface area (Å²) in [4.78, 5) is 32.1. The van der Waals surface area contributed by atoms with Gasteiger partial charge in [-0.3, -0.25) is 13.9 Å². The second-order valence-corrected chi connectivity index (χ2v) is 8.36. The molecule has 0 amide bonds. The van der Waals surface area contributed by atoms with E-state index in [0.29, 0.717) is 11.2 Å². The molecule has 0 radical (unpaired) electrons. The van der Waals surface area contributed by atoms with Crippen molar-refractivity contribution in [3.8, 4) is 0 Å². The van der Waals surface area contributed by atoms with E-state index >= 15 is 0 Å². The highest BCUT2D eigenvalue weighted by Gasteiger charge is 2.33. The van der Waals surface area contributed by atoms with Gasteiger partial charge in [-0.05, 0) is 31.5 Å². The van der Waals surface area contributed by atoms with Crippen LogP contribution in [-0.4, -0.2) is 20.7 Å². The molecule has 1 aliphatic rings. The van der Waals surface area contributed by atoms with Gasteiger partial charge >= 0.3 is 11.6 Å². The molecular weight excluding hydrogens is 390 g/mol. The molecular formula is C24H26N5O2+. The molecule has 7 heteroatoms. The van der Waals surface area contributed by atoms with Crippen LogP contribution >= 0.6 is 0 Å². The summed E-state index contributed by atoms with van der Waals surface area (Å²) >= 11 is 0. The highest BCUT2D eigenvalue weighted by Crippen LogP contribution is 2.26. The quantitative estimate of drug-likeness (QED) is 0.522. The van der Waals surface area contributed by atoms with E-state index in [9.17, 15) is 9.59 Å². The zero-order chi connectivity index (χ0) is 21.7. The Morgan fingerprint density at radius 2 is 1.61 bits per heavy atom. The molecule has 1 N–H and O–H groups in total. The molecule has 0 bridgehead atoms. The number of imidazole rings is 1. The fraction of sp³-hybridized carbons (Fsp3) is 0.292. The first-order valence-corrected chi connectivity index (χ1v) is 10.6. The number of benzene rings is 2. The third kappa shape index (κ3) is 3.17. The standard InChI is InChI=1S/C24H25N5O2/c1-16-5-9-18(10-6-16)15-29-22(30)20-21(26(3)24(29)31)25-23-27(13-4-14-28(20)23)19-11-7-17(2)8-12-19/h5-12H,4,13-15H2,1-3H3/p+1. The van der Waals surface area contributed by atoms with Crippen LogP contribution in [0.5, 0.6) is 0 Å². The third-order valence-electron chi connectivity index (χ3n) is 6.11. The molecule has 0 spiro atoms. The monoisotopic (exact) mass is 416 g/mol. The molecule has 3 heterocycles. The van der Waals surface area contributed by atoms with E-state index < -0.39 is 0 Å². The van der Waals surface area contributed by atoms with E-state index in [1.807, 2.05) is 35.8 Å². The molecule has 4 aromatic rings. The van der Waals surface area contributed by atoms with Gasteiger partial charge < -0.3 is 0 Å². The Labute approximate surface area is 179 Å². The predicted molar refractivity (Wildman–Crippen MR) is 121 cm³/mol. The summed E-state index contributed by atoms with van der Waals surface area (Å²) in [5.41, 5.74) is 4.87. The van der Waals surface area contributed by atoms with Gasteiger partial charge in [0.15, 0.2) is 0 Å². The highest BCUT2D eigenvalue weighted by molar-refractivity contribution is 5.70. The maximum Gasteiger partial charge on any atom is 0.364 e. The summed E-state index contributed by atoms with van der Waals surface area (Å²) in [6, 6.07) is 16.3. The number of aromatic nitrogens is 4. The summed E-state index contributed by atoms with van der Waals surface area (Å²) in [6.07, 6.45) is 0.915. The molecule has 2 aromatic carbocycles. The van der Waals surface area contributed by atoms with Crippen molar-refractivity contribution in [1.29, 1.82) is 0 Å². The van der Waals surface area contributed by atoms with Gasteiger partial charge in [0.25, 0.3) is 5.56 Å². The summed E-state index contributed by atoms with van der Waals surface area (Å²) in [6.45, 7) is 5.92. The molecule has 0 fully saturated rings. The van der Waals surface area contributed by atoms with Gasteiger partial charge in [-0.15, -0.1) is 0 Å². The Hall–Kier alpha value is -3.61. The molecule has 0 atom stereocenters. The predicted octanol–water partition coefficient (Wildman–Crippen LogP) is 2.52. The lowest BCUT2D eigenvalue weighted by molar-refractivity contribution is -0.663. The van der Waals surface area contributed by atoms with E-state index in [-0.39, 0.29) is 17.8 Å². The zero-order valence-corrected chi connectivity index (χ0v) is 18.1. The van der Waals surface area contributed by atoms with Crippen LogP contribution in [0.15, 0.2) is 58.1 Å². The lowest BCUT2D eigenvalue weighted by Gasteiger charge is -2.22. The van der Waals surface area contributed by atoms with Gasteiger partial charge in [-0.25, -0.2) is 19.2 Å². The SMILES string of the molecule is Cc1ccc(Cn2c(=O)c3c([nH]c4[n+]3CCCN4c3ccc(C)cc3)n(C)c2=O)cc1. The smallest absolute Gasteiger partial charge is 0.267 e. The summed E-state index contributed by atoms with van der Waals surface area (Å²) in [5.74, 6) is 0.838. The minimum atomic E-state index is -0.320. The van der Waals surface area contributed by atoms with Crippen molar-refractivity contribution in [3.63, 3.8) is 0 Å². The summed E-state index contributed by atoms with van der Waals surface area (Å²) < 4.78 is 4.90. The maximum absolute atomic E-state index is 13.5. The van der Waals surface area contributed by atoms with E-state index in [1.165, 1.54) is 10.1 Å². The first-order chi connectivity index (χ1) is 14.9. The van der Waals surface area contributed by atoms with Gasteiger partial charge in [0, 0.05) is 13.5 Å². The van der Waals surface area contributed by atoms with Gasteiger partial charge in [-0.1, -0.05) is 47.5 Å². The number of hydrogen-bond acceptors (Lipinski definition) is 3. The molecule has 5 rings (SSSR count). The molecule has 7 nitrogen and oxygen atoms in total. The van der Waals surface area contributed by atoms with Crippen LogP contribution in [0, 0.1) is 13.8 Å². The summed E-state index contributed by atoms with van der Waals surface area (Å²) in [5, 5.41) is 0. The van der Waals surface area contributed by atoms with Crippen LogP contribution in [0.1, 0.15) is 23.1 Å². The molecule has 0 aliphatic carbocycles. The van der Waals surface area contributed by atoms with Gasteiger partial charge in [-0.2, -0.15) is 0 Å². The molecule has 0 saturated carbocycles. The molecule has 0 unspecified atom stereocenters. The molecule has 0 saturated heterocycles. The second-order valence-electron chi connectivity index (χ2n) is 8.36. The Morgan fingerprint density at radius 1 is 0.968 bits per heavy atom. The van der Waals surface area contributed by atoms with Crippen LogP contribution in [0.3, 0.4) is 0 Å². The van der Waals surface area contributed by atoms with E-state index in [1.54, 1.807) is 11.6 Å². The van der Waals surface area contributed by atoms with Crippen LogP contribution in [0.4, 0.5) is 11.6 Å². The van der Waals surface area contributed by atoms with Crippen molar-refractivity contribution < 1.29 is 4.57 Å². The number of aromatic amines is 1. The topological polar surface area (TPSA) is 66.9 Å². The average molecular weight is 417 g/mol. The van der Waals surface area contributed by atoms with Crippen molar-refractivity contribution in [2.24, 2.45) is 7.05 Å². The van der Waals surface area contributed by atoms with Crippen molar-refractivity contribution in [2.75, 3.05) is 11.4 Å². The third-order valence-corrected chi connectivity index (χ3v) is 6.11. The normalized spacial score (nSPS) is 13.6. The van der Waals surface area contributed by atoms with E-state index in [0.717, 1.165) is 42.3 Å². The molecule has 1 aliphatic heterocycles. The molecule has 158 valence electrons. The van der Waals surface area contributed by atoms with Crippen molar-refractivity contribution in [1.82, 2.24) is 14.1 Å². The van der Waals surface area contributed by atoms with Gasteiger partial charge in [0.2, 0.25) is 11.2 Å². The highest BCUT2D eigenvalue weighted by atomic mass is 16.2. The molecule has 31 heavy (non-hydrogen) atoms. The van der Waals surface area contributed by atoms with Gasteiger partial charge in [0.1, 0.15) is 5.69 Å². The number of H-pyrrole nitrogens is 1. The minimum absolute atomic E-state index is 0.254. The van der Waals surface area contributed by atoms with E-state index in [4.69, 9.17) is 0 Å². The number of anilines is 2. The first-order valence-electron chi connectivity index (χ1n) is 10.6. The Morgan fingerprint density at radius 3 is 2.29 bits per heavy atom. The van der Waals surface area contributed by atoms with Crippen LogP contribution < -0.4 is 20.7 Å². The Balaban J connectivity index is 1.68. The maximum atomic E-state index is 13.5. The Bertz CT molecular complexity index is 1390. The first kappa shape index (κ1) is 19.4. The minimum Gasteiger partial charge on any atom is -0.267 e. The van der Waals surface area contributed by atoms with Crippen LogP contribution in [-0.2, 0) is 20.1 Å². The largest absolute Gasteiger partial charge is 0.364 e. The fourth-order valence-electron chi connectivity index (χ4n) is 4.33. The lowest BCUT2D eigenvalue weighted by atomic mass is 10.1. The zero-order valence-electron chi connectivity index (χ0n) is 18.1. The Kier molecular flexibility index (Phi) is 4.54. The fourth-order valence-corrected chi connectivity index (χ4v) is 4.33. The van der Waals surface area contributed by atoms with Crippen LogP contribution in [0.2, 0.25) is 0 Å². The average Bonchev–Trinajstić information content (AvgIpc) is 3.17. The summed E-state index contributed by atoms with van der Waals surface area (Å²) in [7, 11) is 1.72. The number of aryl methyl sites for hydroxylation is 4. The second kappa shape index (κ2) is 7.27. The van der Waals surface area contributed by atoms with Crippen LogP contribution in [0.25, 0.3) is 11.2 Å². The van der Waals surface area contributed by atoms with E-state index in [2.05, 4.69) is 41.1 Å². The number of nitrogens with one attached hydrogen (secondary N) is 1. The van der Waals surface area contributed by atoms with Crippen molar-refractivity contribution in [3.05, 3.63) is 86.1 Å². The lowest BCUT2D eigenvalue weighted by Crippen LogP contribution is -2.49. The number of nitrogens with zero attached hydrogens (tertiary/aromatic N) is 4. The molecule has 2 aromatic heterocycles.